The molecule has 1 aliphatic rings. The van der Waals surface area contributed by atoms with Gasteiger partial charge in [-0.3, -0.25) is 14.5 Å². The summed E-state index contributed by atoms with van der Waals surface area (Å²) in [5.41, 5.74) is 0. The van der Waals surface area contributed by atoms with E-state index in [2.05, 4.69) is 9.64 Å². The van der Waals surface area contributed by atoms with Crippen molar-refractivity contribution in [2.45, 2.75) is 6.42 Å². The van der Waals surface area contributed by atoms with E-state index in [9.17, 15) is 9.59 Å². The first-order chi connectivity index (χ1) is 10.2. The standard InChI is InChI=1S/C14H20N2O4S/c1-19-11-4-10-21-13(11)14(18)16-8-6-15(7-9-16)5-3-12(17)20-2/h4,10H,3,5-9H2,1-2H3. The molecular formula is C14H20N2O4S. The van der Waals surface area contributed by atoms with Crippen LogP contribution in [0.5, 0.6) is 5.75 Å². The van der Waals surface area contributed by atoms with Crippen LogP contribution in [-0.4, -0.2) is 68.6 Å². The lowest BCUT2D eigenvalue weighted by Gasteiger charge is -2.34. The highest BCUT2D eigenvalue weighted by Crippen LogP contribution is 2.26. The fourth-order valence-corrected chi connectivity index (χ4v) is 3.11. The Morgan fingerprint density at radius 2 is 1.95 bits per heavy atom. The third kappa shape index (κ3) is 3.95. The lowest BCUT2D eigenvalue weighted by atomic mass is 10.2. The second kappa shape index (κ2) is 7.42. The maximum Gasteiger partial charge on any atom is 0.306 e. The van der Waals surface area contributed by atoms with Crippen molar-refractivity contribution >= 4 is 23.2 Å². The van der Waals surface area contributed by atoms with E-state index in [1.807, 2.05) is 16.3 Å². The highest BCUT2D eigenvalue weighted by Gasteiger charge is 2.25. The number of thiophene rings is 1. The number of methoxy groups -OCH3 is 2. The van der Waals surface area contributed by atoms with Gasteiger partial charge >= 0.3 is 5.97 Å². The highest BCUT2D eigenvalue weighted by atomic mass is 32.1. The summed E-state index contributed by atoms with van der Waals surface area (Å²) in [6.45, 7) is 3.56. The second-order valence-corrected chi connectivity index (χ2v) is 5.69. The van der Waals surface area contributed by atoms with Gasteiger partial charge in [-0.25, -0.2) is 0 Å². The maximum atomic E-state index is 12.4. The van der Waals surface area contributed by atoms with E-state index in [-0.39, 0.29) is 11.9 Å². The zero-order valence-corrected chi connectivity index (χ0v) is 13.1. The molecule has 1 saturated heterocycles. The molecule has 1 fully saturated rings. The summed E-state index contributed by atoms with van der Waals surface area (Å²) in [5.74, 6) is 0.462. The Kier molecular flexibility index (Phi) is 5.58. The largest absolute Gasteiger partial charge is 0.495 e. The summed E-state index contributed by atoms with van der Waals surface area (Å²) in [4.78, 5) is 28.2. The van der Waals surface area contributed by atoms with Crippen LogP contribution >= 0.6 is 11.3 Å². The number of amides is 1. The molecule has 0 bridgehead atoms. The summed E-state index contributed by atoms with van der Waals surface area (Å²) >= 11 is 1.40. The fraction of sp³-hybridized carbons (Fsp3) is 0.571. The molecule has 0 radical (unpaired) electrons. The Labute approximate surface area is 128 Å². The number of carbonyl (C=O) groups excluding carboxylic acids is 2. The van der Waals surface area contributed by atoms with Gasteiger partial charge in [-0.1, -0.05) is 0 Å². The third-order valence-electron chi connectivity index (χ3n) is 3.56. The summed E-state index contributed by atoms with van der Waals surface area (Å²) in [6, 6.07) is 1.81. The minimum atomic E-state index is -0.197. The number of piperazine rings is 1. The minimum Gasteiger partial charge on any atom is -0.495 e. The van der Waals surface area contributed by atoms with Gasteiger partial charge in [0.1, 0.15) is 10.6 Å². The van der Waals surface area contributed by atoms with E-state index in [0.717, 1.165) is 13.1 Å². The predicted molar refractivity (Wildman–Crippen MR) is 79.8 cm³/mol. The first-order valence-corrected chi connectivity index (χ1v) is 7.73. The molecular weight excluding hydrogens is 292 g/mol. The Bertz CT molecular complexity index is 495. The Morgan fingerprint density at radius 3 is 2.57 bits per heavy atom. The van der Waals surface area contributed by atoms with E-state index in [1.54, 1.807) is 7.11 Å². The summed E-state index contributed by atoms with van der Waals surface area (Å²) in [7, 11) is 2.97. The van der Waals surface area contributed by atoms with Crippen molar-refractivity contribution in [3.8, 4) is 5.75 Å². The molecule has 1 aromatic rings. The van der Waals surface area contributed by atoms with Crippen LogP contribution in [0.2, 0.25) is 0 Å². The van der Waals surface area contributed by atoms with Crippen LogP contribution < -0.4 is 4.74 Å². The molecule has 0 spiro atoms. The summed E-state index contributed by atoms with van der Waals surface area (Å²) in [6.07, 6.45) is 0.392. The van der Waals surface area contributed by atoms with Crippen LogP contribution in [0.4, 0.5) is 0 Å². The Morgan fingerprint density at radius 1 is 1.24 bits per heavy atom. The van der Waals surface area contributed by atoms with Crippen molar-refractivity contribution < 1.29 is 19.1 Å². The molecule has 0 saturated carbocycles. The highest BCUT2D eigenvalue weighted by molar-refractivity contribution is 7.12. The SMILES string of the molecule is COC(=O)CCN1CCN(C(=O)c2sccc2OC)CC1. The zero-order chi connectivity index (χ0) is 15.2. The average Bonchev–Trinajstić information content (AvgIpc) is 3.00. The van der Waals surface area contributed by atoms with Crippen molar-refractivity contribution in [3.05, 3.63) is 16.3 Å². The van der Waals surface area contributed by atoms with Gasteiger partial charge in [0, 0.05) is 32.7 Å². The maximum absolute atomic E-state index is 12.4. The Balaban J connectivity index is 1.83. The smallest absolute Gasteiger partial charge is 0.306 e. The van der Waals surface area contributed by atoms with E-state index in [1.165, 1.54) is 18.4 Å². The molecule has 116 valence electrons. The van der Waals surface area contributed by atoms with E-state index in [0.29, 0.717) is 36.7 Å². The van der Waals surface area contributed by atoms with Crippen LogP contribution in [-0.2, 0) is 9.53 Å². The quantitative estimate of drug-likeness (QED) is 0.762. The van der Waals surface area contributed by atoms with E-state index >= 15 is 0 Å². The fourth-order valence-electron chi connectivity index (χ4n) is 2.28. The van der Waals surface area contributed by atoms with Gasteiger partial charge in [0.2, 0.25) is 0 Å². The van der Waals surface area contributed by atoms with Gasteiger partial charge in [-0.2, -0.15) is 0 Å². The van der Waals surface area contributed by atoms with Crippen LogP contribution in [0.25, 0.3) is 0 Å². The molecule has 1 aliphatic heterocycles. The zero-order valence-electron chi connectivity index (χ0n) is 12.3. The van der Waals surface area contributed by atoms with Crippen molar-refractivity contribution in [2.24, 2.45) is 0 Å². The Hall–Kier alpha value is -1.60. The number of nitrogens with zero attached hydrogens (tertiary/aromatic N) is 2. The molecule has 0 aromatic carbocycles. The molecule has 2 heterocycles. The summed E-state index contributed by atoms with van der Waals surface area (Å²) < 4.78 is 9.83. The van der Waals surface area contributed by atoms with Crippen molar-refractivity contribution in [1.29, 1.82) is 0 Å². The predicted octanol–water partition coefficient (Wildman–Crippen LogP) is 1.08. The molecule has 2 rings (SSSR count). The van der Waals surface area contributed by atoms with Gasteiger partial charge in [0.25, 0.3) is 5.91 Å². The van der Waals surface area contributed by atoms with Crippen LogP contribution in [0.1, 0.15) is 16.1 Å². The lowest BCUT2D eigenvalue weighted by Crippen LogP contribution is -2.49. The van der Waals surface area contributed by atoms with Crippen LogP contribution in [0.3, 0.4) is 0 Å². The number of rotatable bonds is 5. The number of esters is 1. The third-order valence-corrected chi connectivity index (χ3v) is 4.45. The average molecular weight is 312 g/mol. The minimum absolute atomic E-state index is 0.0227. The second-order valence-electron chi connectivity index (χ2n) is 4.78. The molecule has 0 N–H and O–H groups in total. The number of hydrogen-bond acceptors (Lipinski definition) is 6. The molecule has 7 heteroatoms. The molecule has 1 aromatic heterocycles. The molecule has 1 amide bonds. The van der Waals surface area contributed by atoms with Crippen molar-refractivity contribution in [1.82, 2.24) is 9.80 Å². The van der Waals surface area contributed by atoms with Gasteiger partial charge in [-0.15, -0.1) is 11.3 Å². The normalized spacial score (nSPS) is 15.8. The number of ether oxygens (including phenoxy) is 2. The molecule has 0 aliphatic carbocycles. The topological polar surface area (TPSA) is 59.1 Å². The van der Waals surface area contributed by atoms with Crippen molar-refractivity contribution in [3.63, 3.8) is 0 Å². The first-order valence-electron chi connectivity index (χ1n) is 6.85. The van der Waals surface area contributed by atoms with Gasteiger partial charge in [0.05, 0.1) is 20.6 Å². The number of hydrogen-bond donors (Lipinski definition) is 0. The molecule has 0 unspecified atom stereocenters. The molecule has 21 heavy (non-hydrogen) atoms. The van der Waals surface area contributed by atoms with Gasteiger partial charge < -0.3 is 14.4 Å². The van der Waals surface area contributed by atoms with Crippen LogP contribution in [0.15, 0.2) is 11.4 Å². The van der Waals surface area contributed by atoms with E-state index in [4.69, 9.17) is 4.74 Å². The molecule has 6 nitrogen and oxygen atoms in total. The van der Waals surface area contributed by atoms with Gasteiger partial charge in [-0.05, 0) is 11.4 Å². The number of carbonyl (C=O) groups is 2. The monoisotopic (exact) mass is 312 g/mol. The summed E-state index contributed by atoms with van der Waals surface area (Å²) in [5, 5.41) is 1.86. The first kappa shape index (κ1) is 15.8. The van der Waals surface area contributed by atoms with Gasteiger partial charge in [0.15, 0.2) is 0 Å². The lowest BCUT2D eigenvalue weighted by molar-refractivity contribution is -0.141. The van der Waals surface area contributed by atoms with Crippen LogP contribution in [0, 0.1) is 0 Å². The molecule has 0 atom stereocenters. The van der Waals surface area contributed by atoms with Crippen molar-refractivity contribution in [2.75, 3.05) is 46.9 Å². The van der Waals surface area contributed by atoms with E-state index < -0.39 is 0 Å².